The minimum Gasteiger partial charge on any atom is -0.497 e. The Morgan fingerprint density at radius 3 is 2.53 bits per heavy atom. The van der Waals surface area contributed by atoms with Gasteiger partial charge in [-0.2, -0.15) is 0 Å². The van der Waals surface area contributed by atoms with Crippen LogP contribution in [0.1, 0.15) is 18.5 Å². The third-order valence-electron chi connectivity index (χ3n) is 4.56. The summed E-state index contributed by atoms with van der Waals surface area (Å²) in [5.74, 6) is -1.22. The van der Waals surface area contributed by atoms with E-state index in [-0.39, 0.29) is 17.2 Å². The van der Waals surface area contributed by atoms with Crippen molar-refractivity contribution in [2.45, 2.75) is 17.9 Å². The van der Waals surface area contributed by atoms with E-state index in [2.05, 4.69) is 10.6 Å². The summed E-state index contributed by atoms with van der Waals surface area (Å²) in [5, 5.41) is 6.06. The lowest BCUT2D eigenvalue weighted by atomic mass is 9.89. The molecule has 0 saturated carbocycles. The minimum atomic E-state index is -3.92. The van der Waals surface area contributed by atoms with Crippen molar-refractivity contribution in [2.24, 2.45) is 5.92 Å². The van der Waals surface area contributed by atoms with Gasteiger partial charge in [0, 0.05) is 5.70 Å². The summed E-state index contributed by atoms with van der Waals surface area (Å²) in [7, 11) is -2.42. The zero-order valence-electron chi connectivity index (χ0n) is 16.5. The second-order valence-electron chi connectivity index (χ2n) is 6.51. The highest BCUT2D eigenvalue weighted by atomic mass is 32.2. The molecule has 2 aromatic rings. The summed E-state index contributed by atoms with van der Waals surface area (Å²) in [4.78, 5) is 25.2. The second kappa shape index (κ2) is 9.00. The van der Waals surface area contributed by atoms with Crippen molar-refractivity contribution in [3.8, 4) is 5.75 Å². The van der Waals surface area contributed by atoms with Crippen LogP contribution in [0, 0.1) is 5.92 Å². The molecule has 8 nitrogen and oxygen atoms in total. The monoisotopic (exact) mass is 430 g/mol. The van der Waals surface area contributed by atoms with Crippen LogP contribution in [0.3, 0.4) is 0 Å². The van der Waals surface area contributed by atoms with Crippen LogP contribution in [0.15, 0.2) is 70.6 Å². The van der Waals surface area contributed by atoms with E-state index in [1.54, 1.807) is 49.4 Å². The van der Waals surface area contributed by atoms with E-state index < -0.39 is 33.8 Å². The van der Waals surface area contributed by atoms with Crippen molar-refractivity contribution in [1.29, 1.82) is 0 Å². The van der Waals surface area contributed by atoms with Crippen molar-refractivity contribution in [2.75, 3.05) is 13.7 Å². The highest BCUT2D eigenvalue weighted by molar-refractivity contribution is 7.94. The van der Waals surface area contributed by atoms with Crippen molar-refractivity contribution in [3.63, 3.8) is 0 Å². The quantitative estimate of drug-likeness (QED) is 0.682. The molecule has 0 unspecified atom stereocenters. The fourth-order valence-corrected chi connectivity index (χ4v) is 4.42. The number of esters is 1. The molecule has 2 amide bonds. The third kappa shape index (κ3) is 4.62. The van der Waals surface area contributed by atoms with Gasteiger partial charge in [0.25, 0.3) is 0 Å². The van der Waals surface area contributed by atoms with Gasteiger partial charge in [-0.1, -0.05) is 30.3 Å². The fraction of sp³-hybridized carbons (Fsp3) is 0.238. The largest absolute Gasteiger partial charge is 0.497 e. The van der Waals surface area contributed by atoms with Crippen LogP contribution in [0.2, 0.25) is 0 Å². The van der Waals surface area contributed by atoms with Crippen molar-refractivity contribution >= 4 is 21.8 Å². The lowest BCUT2D eigenvalue weighted by Gasteiger charge is -2.33. The van der Waals surface area contributed by atoms with E-state index in [1.807, 2.05) is 0 Å². The number of methoxy groups -OCH3 is 1. The van der Waals surface area contributed by atoms with Gasteiger partial charge in [-0.15, -0.1) is 0 Å². The van der Waals surface area contributed by atoms with E-state index in [0.717, 1.165) is 5.41 Å². The summed E-state index contributed by atoms with van der Waals surface area (Å²) >= 11 is 0. The van der Waals surface area contributed by atoms with Gasteiger partial charge in [-0.05, 0) is 36.8 Å². The number of carbonyl (C=O) groups excluding carboxylic acids is 2. The lowest BCUT2D eigenvalue weighted by Crippen LogP contribution is -2.51. The molecule has 0 aliphatic carbocycles. The first-order valence-electron chi connectivity index (χ1n) is 9.25. The first-order valence-corrected chi connectivity index (χ1v) is 10.8. The number of nitrogens with one attached hydrogen (secondary N) is 2. The lowest BCUT2D eigenvalue weighted by molar-refractivity contribution is -0.147. The molecule has 30 heavy (non-hydrogen) atoms. The molecule has 2 atom stereocenters. The molecular weight excluding hydrogens is 408 g/mol. The standard InChI is InChI=1S/C21H22N2O6S/c1-3-29-20(24)18-17(13-30(26,27)16-10-5-4-6-11-16)22-21(25)23-19(18)14-8-7-9-15(12-14)28-2/h4-13,18-19H,3H2,1-2H3,(H2,22,23,25)/b17-13+/t18-,19+/m1/s1. The second-order valence-corrected chi connectivity index (χ2v) is 8.31. The van der Waals surface area contributed by atoms with Crippen molar-refractivity contribution in [3.05, 3.63) is 71.3 Å². The summed E-state index contributed by atoms with van der Waals surface area (Å²) in [5.41, 5.74) is 0.513. The highest BCUT2D eigenvalue weighted by Gasteiger charge is 2.40. The smallest absolute Gasteiger partial charge is 0.319 e. The zero-order valence-corrected chi connectivity index (χ0v) is 17.3. The predicted octanol–water partition coefficient (Wildman–Crippen LogP) is 2.54. The van der Waals surface area contributed by atoms with Crippen LogP contribution in [-0.2, 0) is 19.4 Å². The highest BCUT2D eigenvalue weighted by Crippen LogP contribution is 2.33. The zero-order chi connectivity index (χ0) is 21.7. The average molecular weight is 430 g/mol. The molecule has 0 bridgehead atoms. The normalized spacial score (nSPS) is 20.2. The van der Waals surface area contributed by atoms with Gasteiger partial charge in [0.1, 0.15) is 11.7 Å². The van der Waals surface area contributed by atoms with Gasteiger partial charge in [-0.3, -0.25) is 4.79 Å². The Hall–Kier alpha value is -3.33. The topological polar surface area (TPSA) is 111 Å². The molecule has 9 heteroatoms. The number of hydrogen-bond acceptors (Lipinski definition) is 6. The van der Waals surface area contributed by atoms with Gasteiger partial charge in [0.2, 0.25) is 9.84 Å². The maximum atomic E-state index is 12.9. The Labute approximate surface area is 174 Å². The van der Waals surface area contributed by atoms with Gasteiger partial charge in [0.15, 0.2) is 0 Å². The Morgan fingerprint density at radius 2 is 1.87 bits per heavy atom. The number of hydrogen-bond donors (Lipinski definition) is 2. The van der Waals surface area contributed by atoms with Crippen LogP contribution in [0.4, 0.5) is 4.79 Å². The molecule has 1 saturated heterocycles. The molecular formula is C21H22N2O6S. The molecule has 1 heterocycles. The number of carbonyl (C=O) groups is 2. The van der Waals surface area contributed by atoms with Gasteiger partial charge in [0.05, 0.1) is 30.1 Å². The van der Waals surface area contributed by atoms with Crippen LogP contribution < -0.4 is 15.4 Å². The SMILES string of the molecule is CCOC(=O)[C@@H]1/C(=C\S(=O)(=O)c2ccccc2)NC(=O)N[C@H]1c1cccc(OC)c1. The third-order valence-corrected chi connectivity index (χ3v) is 6.05. The molecule has 1 aliphatic heterocycles. The first kappa shape index (κ1) is 21.4. The van der Waals surface area contributed by atoms with Gasteiger partial charge < -0.3 is 20.1 Å². The molecule has 1 fully saturated rings. The van der Waals surface area contributed by atoms with Crippen molar-refractivity contribution < 1.29 is 27.5 Å². The van der Waals surface area contributed by atoms with Crippen LogP contribution in [0.5, 0.6) is 5.75 Å². The van der Waals surface area contributed by atoms with Gasteiger partial charge in [-0.25, -0.2) is 13.2 Å². The Morgan fingerprint density at radius 1 is 1.13 bits per heavy atom. The molecule has 2 N–H and O–H groups in total. The first-order chi connectivity index (χ1) is 14.4. The molecule has 0 aromatic heterocycles. The molecule has 1 aliphatic rings. The van der Waals surface area contributed by atoms with Crippen LogP contribution in [-0.4, -0.2) is 34.1 Å². The summed E-state index contributed by atoms with van der Waals surface area (Å²) in [6.45, 7) is 1.75. The fourth-order valence-electron chi connectivity index (χ4n) is 3.20. The predicted molar refractivity (Wildman–Crippen MR) is 109 cm³/mol. The van der Waals surface area contributed by atoms with E-state index >= 15 is 0 Å². The number of benzene rings is 2. The van der Waals surface area contributed by atoms with E-state index in [0.29, 0.717) is 11.3 Å². The molecule has 3 rings (SSSR count). The Bertz CT molecular complexity index is 1070. The molecule has 0 spiro atoms. The summed E-state index contributed by atoms with van der Waals surface area (Å²) in [6.07, 6.45) is 0. The van der Waals surface area contributed by atoms with E-state index in [1.165, 1.54) is 19.2 Å². The summed E-state index contributed by atoms with van der Waals surface area (Å²) < 4.78 is 36.1. The molecule has 2 aromatic carbocycles. The number of sulfone groups is 1. The minimum absolute atomic E-state index is 0.0471. The maximum absolute atomic E-state index is 12.9. The van der Waals surface area contributed by atoms with E-state index in [9.17, 15) is 18.0 Å². The van der Waals surface area contributed by atoms with Crippen LogP contribution in [0.25, 0.3) is 0 Å². The number of urea groups is 1. The Kier molecular flexibility index (Phi) is 6.41. The van der Waals surface area contributed by atoms with E-state index in [4.69, 9.17) is 9.47 Å². The van der Waals surface area contributed by atoms with Crippen LogP contribution >= 0.6 is 0 Å². The summed E-state index contributed by atoms with van der Waals surface area (Å²) in [6, 6.07) is 13.1. The van der Waals surface area contributed by atoms with Crippen molar-refractivity contribution in [1.82, 2.24) is 10.6 Å². The Balaban J connectivity index is 2.10. The number of ether oxygens (including phenoxy) is 2. The molecule has 0 radical (unpaired) electrons. The number of amides is 2. The number of rotatable bonds is 6. The average Bonchev–Trinajstić information content (AvgIpc) is 2.74. The van der Waals surface area contributed by atoms with Gasteiger partial charge >= 0.3 is 12.0 Å². The maximum Gasteiger partial charge on any atom is 0.319 e. The molecule has 158 valence electrons.